The maximum absolute atomic E-state index is 8.50. The second-order valence-corrected chi connectivity index (χ2v) is 7.85. The molecule has 3 nitrogen and oxygen atoms in total. The molecule has 2 radical (unpaired) electrons. The smallest absolute Gasteiger partial charge is 0.202 e. The molecule has 0 rings (SSSR count). The van der Waals surface area contributed by atoms with Crippen LogP contribution >= 0.6 is 24.4 Å². The van der Waals surface area contributed by atoms with Crippen molar-refractivity contribution in [1.82, 2.24) is 0 Å². The Kier molecular flexibility index (Phi) is 33.0. The quantitative estimate of drug-likeness (QED) is 0.466. The molecule has 1 unspecified atom stereocenters. The van der Waals surface area contributed by atoms with Crippen LogP contribution < -0.4 is 5.73 Å². The van der Waals surface area contributed by atoms with Gasteiger partial charge in [0.2, 0.25) is 10.5 Å². The third-order valence-corrected chi connectivity index (χ3v) is 4.71. The van der Waals surface area contributed by atoms with Gasteiger partial charge in [-0.1, -0.05) is 0 Å². The van der Waals surface area contributed by atoms with Gasteiger partial charge in [-0.2, -0.15) is 0 Å². The van der Waals surface area contributed by atoms with Crippen molar-refractivity contribution in [3.63, 3.8) is 0 Å². The zero-order chi connectivity index (χ0) is 12.5. The Labute approximate surface area is 112 Å². The molecule has 0 fully saturated rings. The minimum atomic E-state index is 0.0892. The first kappa shape index (κ1) is 20.7. The zero-order valence-electron chi connectivity index (χ0n) is 9.12. The van der Waals surface area contributed by atoms with Gasteiger partial charge < -0.3 is 0 Å². The van der Waals surface area contributed by atoms with Crippen molar-refractivity contribution in [2.45, 2.75) is 41.6 Å². The topological polar surface area (TPSA) is 60.2 Å². The molecule has 0 amide bonds. The normalized spacial score (nSPS) is 9.27. The second kappa shape index (κ2) is 23.9. The molecule has 0 spiro atoms. The summed E-state index contributed by atoms with van der Waals surface area (Å²) in [5.74, 6) is 0. The zero-order valence-corrected chi connectivity index (χ0v) is 13.6. The third kappa shape index (κ3) is 54.2. The summed E-state index contributed by atoms with van der Waals surface area (Å²) in [4.78, 5) is 17.0. The van der Waals surface area contributed by atoms with Gasteiger partial charge in [0.1, 0.15) is 0 Å². The van der Waals surface area contributed by atoms with Gasteiger partial charge in [-0.25, -0.2) is 9.59 Å². The van der Waals surface area contributed by atoms with Gasteiger partial charge in [0.25, 0.3) is 0 Å². The summed E-state index contributed by atoms with van der Waals surface area (Å²) in [5.41, 5.74) is 5.59. The molecule has 0 aliphatic rings. The molecule has 0 saturated carbocycles. The Balaban J connectivity index is -0.000000200. The van der Waals surface area contributed by atoms with E-state index in [1.807, 2.05) is 0 Å². The van der Waals surface area contributed by atoms with Crippen LogP contribution in [0.3, 0.4) is 0 Å². The first-order chi connectivity index (χ1) is 7.10. The van der Waals surface area contributed by atoms with Gasteiger partial charge in [-0.3, -0.25) is 0 Å². The first-order valence-corrected chi connectivity index (χ1v) is 9.40. The van der Waals surface area contributed by atoms with Crippen LogP contribution in [-0.2, 0) is 9.59 Å². The molecular formula is C9H17NO2S2Sn. The van der Waals surface area contributed by atoms with Gasteiger partial charge >= 0.3 is 68.5 Å². The summed E-state index contributed by atoms with van der Waals surface area (Å²) in [5, 5.41) is 2.17. The van der Waals surface area contributed by atoms with Gasteiger partial charge in [-0.05, 0) is 0 Å². The molecule has 0 aliphatic heterocycles. The van der Waals surface area contributed by atoms with Crippen LogP contribution in [0.1, 0.15) is 26.7 Å². The molecule has 0 aromatic heterocycles. The molecule has 0 saturated heterocycles. The molecule has 0 aromatic rings. The van der Waals surface area contributed by atoms with E-state index in [0.717, 1.165) is 10.5 Å². The monoisotopic (exact) mass is 355 g/mol. The van der Waals surface area contributed by atoms with Crippen molar-refractivity contribution in [3.05, 3.63) is 0 Å². The molecule has 0 heterocycles. The average Bonchev–Trinajstić information content (AvgIpc) is 2.15. The predicted molar refractivity (Wildman–Crippen MR) is 70.5 cm³/mol. The van der Waals surface area contributed by atoms with E-state index < -0.39 is 0 Å². The van der Waals surface area contributed by atoms with Crippen molar-refractivity contribution in [3.8, 4) is 0 Å². The molecule has 2 N–H and O–H groups in total. The van der Waals surface area contributed by atoms with E-state index in [1.54, 1.807) is 0 Å². The third-order valence-electron chi connectivity index (χ3n) is 1.26. The Morgan fingerprint density at radius 1 is 1.33 bits per heavy atom. The van der Waals surface area contributed by atoms with Crippen LogP contribution in [0.5, 0.6) is 0 Å². The fourth-order valence-corrected chi connectivity index (χ4v) is 3.03. The molecule has 86 valence electrons. The summed E-state index contributed by atoms with van der Waals surface area (Å²) in [6, 6.07) is 0.432. The molecular weight excluding hydrogens is 337 g/mol. The van der Waals surface area contributed by atoms with E-state index in [9.17, 15) is 0 Å². The van der Waals surface area contributed by atoms with Crippen molar-refractivity contribution >= 4 is 56.0 Å². The van der Waals surface area contributed by atoms with Crippen molar-refractivity contribution in [1.29, 1.82) is 0 Å². The molecule has 6 heteroatoms. The Morgan fingerprint density at radius 2 is 1.73 bits per heavy atom. The standard InChI is InChI=1S/C5H12N.C2H5.2COS.Sn/c1-3-4-5(2)6;1-2;2*2-1-3;/h5H,1,3-4,6H2,2H3;1H2,2H3;;;. The number of hydrogen-bond donors (Lipinski definition) is 1. The van der Waals surface area contributed by atoms with E-state index in [0.29, 0.717) is 6.04 Å². The fourth-order valence-electron chi connectivity index (χ4n) is 0.726. The molecule has 15 heavy (non-hydrogen) atoms. The minimum Gasteiger partial charge on any atom is -0.220 e. The first-order valence-electron chi connectivity index (χ1n) is 4.55. The Hall–Kier alpha value is 0.359. The summed E-state index contributed by atoms with van der Waals surface area (Å²) in [6.07, 6.45) is 2.62. The van der Waals surface area contributed by atoms with Gasteiger partial charge in [0.05, 0.1) is 0 Å². The summed E-state index contributed by atoms with van der Waals surface area (Å²) < 4.78 is 3.02. The largest absolute Gasteiger partial charge is 0.220 e. The van der Waals surface area contributed by atoms with E-state index in [4.69, 9.17) is 15.3 Å². The van der Waals surface area contributed by atoms with Crippen LogP contribution in [0.25, 0.3) is 0 Å². The van der Waals surface area contributed by atoms with Crippen LogP contribution in [-0.4, -0.2) is 37.6 Å². The van der Waals surface area contributed by atoms with Crippen LogP contribution in [0.15, 0.2) is 0 Å². The molecule has 0 aliphatic carbocycles. The van der Waals surface area contributed by atoms with Crippen LogP contribution in [0.2, 0.25) is 8.87 Å². The van der Waals surface area contributed by atoms with E-state index in [2.05, 4.69) is 38.3 Å². The van der Waals surface area contributed by atoms with Crippen molar-refractivity contribution in [2.75, 3.05) is 0 Å². The summed E-state index contributed by atoms with van der Waals surface area (Å²) in [6.45, 7) is 4.40. The van der Waals surface area contributed by atoms with Crippen molar-refractivity contribution in [2.24, 2.45) is 5.73 Å². The molecule has 0 bridgehead atoms. The molecule has 0 aromatic carbocycles. The SMILES string of the molecule is C[CH2][Sn][CH2]CCC(C)N.O=C=S.O=C=S. The Morgan fingerprint density at radius 3 is 2.00 bits per heavy atom. The van der Waals surface area contributed by atoms with Crippen molar-refractivity contribution < 1.29 is 9.59 Å². The van der Waals surface area contributed by atoms with Crippen LogP contribution in [0, 0.1) is 0 Å². The number of rotatable bonds is 5. The van der Waals surface area contributed by atoms with Gasteiger partial charge in [0, 0.05) is 24.4 Å². The predicted octanol–water partition coefficient (Wildman–Crippen LogP) is 2.18. The Bertz CT molecular complexity index is 165. The minimum absolute atomic E-state index is 0.0892. The van der Waals surface area contributed by atoms with Gasteiger partial charge in [0.15, 0.2) is 0 Å². The van der Waals surface area contributed by atoms with Crippen LogP contribution in [0.4, 0.5) is 0 Å². The number of hydrogen-bond acceptors (Lipinski definition) is 5. The number of carbonyl (C=O) groups excluding carboxylic acids is 2. The second-order valence-electron chi connectivity index (χ2n) is 2.64. The number of thiocarbonyl (C=S) groups is 2. The molecule has 1 atom stereocenters. The van der Waals surface area contributed by atoms with Gasteiger partial charge in [-0.15, -0.1) is 0 Å². The summed E-state index contributed by atoms with van der Waals surface area (Å²) >= 11 is 7.27. The summed E-state index contributed by atoms with van der Waals surface area (Å²) in [7, 11) is 0. The van der Waals surface area contributed by atoms with E-state index >= 15 is 0 Å². The maximum atomic E-state index is 8.50. The van der Waals surface area contributed by atoms with E-state index in [-0.39, 0.29) is 21.1 Å². The average molecular weight is 354 g/mol. The van der Waals surface area contributed by atoms with E-state index in [1.165, 1.54) is 21.7 Å². The number of nitrogens with two attached hydrogens (primary N) is 1. The maximum Gasteiger partial charge on any atom is 0.202 e. The fraction of sp³-hybridized carbons (Fsp3) is 0.778.